The van der Waals surface area contributed by atoms with E-state index in [0.717, 1.165) is 24.5 Å². The first kappa shape index (κ1) is 15.2. The van der Waals surface area contributed by atoms with Gasteiger partial charge in [-0.2, -0.15) is 0 Å². The van der Waals surface area contributed by atoms with Crippen LogP contribution < -0.4 is 19.7 Å². The van der Waals surface area contributed by atoms with Crippen LogP contribution in [0.3, 0.4) is 0 Å². The highest BCUT2D eigenvalue weighted by Gasteiger charge is 2.27. The molecule has 1 atom stereocenters. The number of nitrogens with zero attached hydrogens (tertiary/aromatic N) is 2. The van der Waals surface area contributed by atoms with Gasteiger partial charge in [-0.3, -0.25) is 4.79 Å². The highest BCUT2D eigenvalue weighted by atomic mass is 32.1. The summed E-state index contributed by atoms with van der Waals surface area (Å²) in [7, 11) is 0. The number of anilines is 2. The van der Waals surface area contributed by atoms with Gasteiger partial charge in [-0.05, 0) is 25.0 Å². The van der Waals surface area contributed by atoms with Gasteiger partial charge in [0.25, 0.3) is 5.91 Å². The van der Waals surface area contributed by atoms with Crippen LogP contribution in [0, 0.1) is 0 Å². The number of nitrogens with one attached hydrogen (secondary N) is 1. The molecule has 1 unspecified atom stereocenters. The van der Waals surface area contributed by atoms with Crippen LogP contribution in [-0.2, 0) is 0 Å². The van der Waals surface area contributed by atoms with Crippen LogP contribution in [0.4, 0.5) is 10.8 Å². The van der Waals surface area contributed by atoms with Crippen LogP contribution in [0.1, 0.15) is 23.3 Å². The van der Waals surface area contributed by atoms with Crippen molar-refractivity contribution in [2.24, 2.45) is 0 Å². The van der Waals surface area contributed by atoms with Gasteiger partial charge in [0.1, 0.15) is 5.69 Å². The third-order valence-corrected chi connectivity index (χ3v) is 5.07. The molecular formula is C16H17N3O4S. The standard InChI is InChI=1S/C16H17N3O4S/c20-7-11-2-1-5-19(11)16-18-12(8-24-16)15(21)17-10-3-4-13-14(6-10)23-9-22-13/h3-4,6,8,11,20H,1-2,5,7,9H2,(H,17,21). The molecule has 1 aromatic carbocycles. The maximum absolute atomic E-state index is 12.4. The Balaban J connectivity index is 1.47. The summed E-state index contributed by atoms with van der Waals surface area (Å²) in [5.41, 5.74) is 1.00. The first-order chi connectivity index (χ1) is 11.7. The first-order valence-electron chi connectivity index (χ1n) is 7.78. The minimum atomic E-state index is -0.267. The minimum Gasteiger partial charge on any atom is -0.454 e. The van der Waals surface area contributed by atoms with Gasteiger partial charge in [0, 0.05) is 23.7 Å². The molecule has 2 aliphatic heterocycles. The summed E-state index contributed by atoms with van der Waals surface area (Å²) >= 11 is 1.42. The molecule has 2 N–H and O–H groups in total. The summed E-state index contributed by atoms with van der Waals surface area (Å²) in [5, 5.41) is 14.8. The molecule has 1 aromatic heterocycles. The predicted octanol–water partition coefficient (Wildman–Crippen LogP) is 2.09. The number of aliphatic hydroxyl groups excluding tert-OH is 1. The molecule has 126 valence electrons. The molecule has 2 aliphatic rings. The lowest BCUT2D eigenvalue weighted by molar-refractivity contribution is 0.102. The second-order valence-corrected chi connectivity index (χ2v) is 6.55. The topological polar surface area (TPSA) is 83.9 Å². The van der Waals surface area contributed by atoms with Crippen molar-refractivity contribution in [3.05, 3.63) is 29.3 Å². The van der Waals surface area contributed by atoms with Crippen LogP contribution in [0.25, 0.3) is 0 Å². The Morgan fingerprint density at radius 2 is 2.29 bits per heavy atom. The van der Waals surface area contributed by atoms with E-state index in [1.165, 1.54) is 11.3 Å². The normalized spacial score (nSPS) is 18.9. The van der Waals surface area contributed by atoms with E-state index in [9.17, 15) is 9.90 Å². The van der Waals surface area contributed by atoms with Crippen molar-refractivity contribution in [3.8, 4) is 11.5 Å². The zero-order valence-electron chi connectivity index (χ0n) is 12.9. The van der Waals surface area contributed by atoms with Crippen LogP contribution >= 0.6 is 11.3 Å². The number of aliphatic hydroxyl groups is 1. The van der Waals surface area contributed by atoms with E-state index in [4.69, 9.17) is 9.47 Å². The zero-order valence-corrected chi connectivity index (χ0v) is 13.7. The summed E-state index contributed by atoms with van der Waals surface area (Å²) in [4.78, 5) is 18.9. The van der Waals surface area contributed by atoms with Crippen LogP contribution in [0.5, 0.6) is 11.5 Å². The Bertz CT molecular complexity index is 764. The van der Waals surface area contributed by atoms with Crippen molar-refractivity contribution in [2.75, 3.05) is 30.2 Å². The van der Waals surface area contributed by atoms with Gasteiger partial charge in [-0.15, -0.1) is 11.3 Å². The van der Waals surface area contributed by atoms with Crippen LogP contribution in [-0.4, -0.2) is 42.0 Å². The molecule has 7 nitrogen and oxygen atoms in total. The van der Waals surface area contributed by atoms with Gasteiger partial charge in [0.15, 0.2) is 16.6 Å². The molecule has 0 aliphatic carbocycles. The van der Waals surface area contributed by atoms with E-state index >= 15 is 0 Å². The van der Waals surface area contributed by atoms with Gasteiger partial charge in [-0.25, -0.2) is 4.98 Å². The number of carbonyl (C=O) groups excluding carboxylic acids is 1. The molecule has 0 radical (unpaired) electrons. The van der Waals surface area contributed by atoms with Gasteiger partial charge < -0.3 is 24.8 Å². The average Bonchev–Trinajstić information content (AvgIpc) is 3.32. The van der Waals surface area contributed by atoms with Crippen molar-refractivity contribution in [1.82, 2.24) is 4.98 Å². The SMILES string of the molecule is O=C(Nc1ccc2c(c1)OCO2)c1csc(N2CCCC2CO)n1. The predicted molar refractivity (Wildman–Crippen MR) is 90.1 cm³/mol. The molecule has 8 heteroatoms. The molecule has 4 rings (SSSR count). The number of amides is 1. The largest absolute Gasteiger partial charge is 0.454 e. The van der Waals surface area contributed by atoms with Crippen molar-refractivity contribution in [2.45, 2.75) is 18.9 Å². The van der Waals surface area contributed by atoms with Crippen molar-refractivity contribution in [3.63, 3.8) is 0 Å². The summed E-state index contributed by atoms with van der Waals surface area (Å²) in [6.07, 6.45) is 1.98. The summed E-state index contributed by atoms with van der Waals surface area (Å²) in [6.45, 7) is 1.17. The number of rotatable bonds is 4. The van der Waals surface area contributed by atoms with Crippen molar-refractivity contribution < 1.29 is 19.4 Å². The lowest BCUT2D eigenvalue weighted by Gasteiger charge is -2.21. The molecule has 0 spiro atoms. The van der Waals surface area contributed by atoms with Gasteiger partial charge in [-0.1, -0.05) is 0 Å². The lowest BCUT2D eigenvalue weighted by Crippen LogP contribution is -2.32. The number of benzene rings is 1. The lowest BCUT2D eigenvalue weighted by atomic mass is 10.2. The third-order valence-electron chi connectivity index (χ3n) is 4.19. The third kappa shape index (κ3) is 2.78. The van der Waals surface area contributed by atoms with E-state index in [1.807, 2.05) is 0 Å². The molecule has 0 bridgehead atoms. The minimum absolute atomic E-state index is 0.0981. The molecule has 0 saturated carbocycles. The second kappa shape index (κ2) is 6.29. The fraction of sp³-hybridized carbons (Fsp3) is 0.375. The van der Waals surface area contributed by atoms with E-state index in [1.54, 1.807) is 23.6 Å². The molecule has 2 aromatic rings. The van der Waals surface area contributed by atoms with Gasteiger partial charge in [0.05, 0.1) is 12.6 Å². The number of ether oxygens (including phenoxy) is 2. The second-order valence-electron chi connectivity index (χ2n) is 5.71. The fourth-order valence-electron chi connectivity index (χ4n) is 2.95. The number of hydrogen-bond acceptors (Lipinski definition) is 7. The molecule has 1 fully saturated rings. The zero-order chi connectivity index (χ0) is 16.5. The molecule has 1 amide bonds. The Morgan fingerprint density at radius 1 is 1.42 bits per heavy atom. The fourth-order valence-corrected chi connectivity index (χ4v) is 3.85. The molecule has 1 saturated heterocycles. The highest BCUT2D eigenvalue weighted by molar-refractivity contribution is 7.14. The van der Waals surface area contributed by atoms with E-state index in [-0.39, 0.29) is 25.3 Å². The summed E-state index contributed by atoms with van der Waals surface area (Å²) in [5.74, 6) is 1.03. The maximum Gasteiger partial charge on any atom is 0.275 e. The Kier molecular flexibility index (Phi) is 3.99. The monoisotopic (exact) mass is 347 g/mol. The number of fused-ring (bicyclic) bond motifs is 1. The number of hydrogen-bond donors (Lipinski definition) is 2. The number of carbonyl (C=O) groups is 1. The van der Waals surface area contributed by atoms with Gasteiger partial charge >= 0.3 is 0 Å². The molecule has 3 heterocycles. The van der Waals surface area contributed by atoms with Crippen LogP contribution in [0.2, 0.25) is 0 Å². The first-order valence-corrected chi connectivity index (χ1v) is 8.66. The summed E-state index contributed by atoms with van der Waals surface area (Å²) in [6, 6.07) is 5.36. The smallest absolute Gasteiger partial charge is 0.275 e. The quantitative estimate of drug-likeness (QED) is 0.881. The van der Waals surface area contributed by atoms with E-state index < -0.39 is 0 Å². The highest BCUT2D eigenvalue weighted by Crippen LogP contribution is 2.34. The maximum atomic E-state index is 12.4. The summed E-state index contributed by atoms with van der Waals surface area (Å²) < 4.78 is 10.6. The average molecular weight is 347 g/mol. The van der Waals surface area contributed by atoms with E-state index in [0.29, 0.717) is 22.9 Å². The Morgan fingerprint density at radius 3 is 3.17 bits per heavy atom. The molecule has 24 heavy (non-hydrogen) atoms. The molecular weight excluding hydrogens is 330 g/mol. The number of aromatic nitrogens is 1. The van der Waals surface area contributed by atoms with Crippen molar-refractivity contribution in [1.29, 1.82) is 0 Å². The van der Waals surface area contributed by atoms with E-state index in [2.05, 4.69) is 15.2 Å². The number of thiazole rings is 1. The van der Waals surface area contributed by atoms with Crippen LogP contribution in [0.15, 0.2) is 23.6 Å². The van der Waals surface area contributed by atoms with Gasteiger partial charge in [0.2, 0.25) is 6.79 Å². The van der Waals surface area contributed by atoms with Crippen molar-refractivity contribution >= 4 is 28.1 Å². The Labute approximate surface area is 142 Å². The Hall–Kier alpha value is -2.32.